The van der Waals surface area contributed by atoms with Crippen LogP contribution in [-0.2, 0) is 0 Å². The fourth-order valence-electron chi connectivity index (χ4n) is 5.74. The number of terminal acetylenes is 1. The smallest absolute Gasteiger partial charge is 0.0164 e. The standard InChI is InChI=1S/C29H26/c1-3-4-11-20-29(2,27-19-18-21-12-5-6-13-22(21)27)28-25-16-9-7-14-23(25)24-15-8-10-17-26(24)28/h1,5-10,12-19,27-28H,4,11,20H2,2H3. The minimum Gasteiger partial charge on any atom is -0.120 e. The quantitative estimate of drug-likeness (QED) is 0.322. The number of hydrogen-bond donors (Lipinski definition) is 0. The first-order valence-electron chi connectivity index (χ1n) is 10.6. The molecule has 142 valence electrons. The molecule has 0 amide bonds. The molecule has 2 unspecified atom stereocenters. The Hall–Kier alpha value is -3.04. The van der Waals surface area contributed by atoms with Gasteiger partial charge in [0.05, 0.1) is 0 Å². The Balaban J connectivity index is 1.69. The summed E-state index contributed by atoms with van der Waals surface area (Å²) in [5, 5.41) is 0. The van der Waals surface area contributed by atoms with Gasteiger partial charge in [0.2, 0.25) is 0 Å². The van der Waals surface area contributed by atoms with Crippen LogP contribution >= 0.6 is 0 Å². The zero-order valence-electron chi connectivity index (χ0n) is 16.9. The second-order valence-electron chi connectivity index (χ2n) is 8.64. The summed E-state index contributed by atoms with van der Waals surface area (Å²) in [5.41, 5.74) is 8.60. The number of unbranched alkanes of at least 4 members (excludes halogenated alkanes) is 1. The third-order valence-electron chi connectivity index (χ3n) is 7.04. The van der Waals surface area contributed by atoms with E-state index in [-0.39, 0.29) is 5.41 Å². The molecule has 0 saturated carbocycles. The topological polar surface area (TPSA) is 0 Å². The molecule has 0 aliphatic heterocycles. The van der Waals surface area contributed by atoms with Crippen LogP contribution < -0.4 is 0 Å². The number of benzene rings is 3. The largest absolute Gasteiger partial charge is 0.120 e. The van der Waals surface area contributed by atoms with Crippen molar-refractivity contribution in [2.75, 3.05) is 0 Å². The molecule has 2 aliphatic rings. The highest BCUT2D eigenvalue weighted by Crippen LogP contribution is 2.60. The average molecular weight is 375 g/mol. The van der Waals surface area contributed by atoms with E-state index in [9.17, 15) is 0 Å². The first-order valence-corrected chi connectivity index (χ1v) is 10.6. The van der Waals surface area contributed by atoms with Crippen LogP contribution in [0.2, 0.25) is 0 Å². The van der Waals surface area contributed by atoms with E-state index in [0.717, 1.165) is 19.3 Å². The summed E-state index contributed by atoms with van der Waals surface area (Å²) < 4.78 is 0. The summed E-state index contributed by atoms with van der Waals surface area (Å²) in [7, 11) is 0. The molecule has 0 heterocycles. The number of fused-ring (bicyclic) bond motifs is 4. The minimum absolute atomic E-state index is 0.0582. The van der Waals surface area contributed by atoms with E-state index < -0.39 is 0 Å². The highest BCUT2D eigenvalue weighted by molar-refractivity contribution is 5.79. The maximum Gasteiger partial charge on any atom is 0.0164 e. The maximum absolute atomic E-state index is 5.63. The van der Waals surface area contributed by atoms with Gasteiger partial charge in [0.15, 0.2) is 0 Å². The van der Waals surface area contributed by atoms with Gasteiger partial charge in [-0.15, -0.1) is 12.3 Å². The first kappa shape index (κ1) is 18.0. The van der Waals surface area contributed by atoms with E-state index in [2.05, 4.69) is 97.8 Å². The second kappa shape index (κ2) is 7.09. The van der Waals surface area contributed by atoms with Crippen molar-refractivity contribution in [2.24, 2.45) is 5.41 Å². The Kier molecular flexibility index (Phi) is 4.40. The molecule has 0 heteroatoms. The summed E-state index contributed by atoms with van der Waals surface area (Å²) in [4.78, 5) is 0. The molecular formula is C29H26. The molecule has 2 aliphatic carbocycles. The zero-order valence-corrected chi connectivity index (χ0v) is 16.9. The van der Waals surface area contributed by atoms with Crippen molar-refractivity contribution in [1.82, 2.24) is 0 Å². The Morgan fingerprint density at radius 3 is 2.07 bits per heavy atom. The number of allylic oxidation sites excluding steroid dienone is 1. The Morgan fingerprint density at radius 2 is 1.41 bits per heavy atom. The lowest BCUT2D eigenvalue weighted by atomic mass is 9.61. The van der Waals surface area contributed by atoms with Gasteiger partial charge in [-0.2, -0.15) is 0 Å². The molecule has 3 aromatic carbocycles. The van der Waals surface area contributed by atoms with Gasteiger partial charge in [-0.3, -0.25) is 0 Å². The van der Waals surface area contributed by atoms with Gasteiger partial charge in [0.25, 0.3) is 0 Å². The SMILES string of the molecule is C#CCCCC(C)(C1C=Cc2ccccc21)C1c2ccccc2-c2ccccc21. The van der Waals surface area contributed by atoms with Crippen molar-refractivity contribution in [2.45, 2.75) is 38.0 Å². The summed E-state index contributed by atoms with van der Waals surface area (Å²) in [6.07, 6.45) is 13.4. The predicted octanol–water partition coefficient (Wildman–Crippen LogP) is 7.42. The molecule has 2 atom stereocenters. The van der Waals surface area contributed by atoms with E-state index >= 15 is 0 Å². The molecule has 0 spiro atoms. The van der Waals surface area contributed by atoms with Crippen LogP contribution in [0, 0.1) is 17.8 Å². The van der Waals surface area contributed by atoms with Crippen LogP contribution in [-0.4, -0.2) is 0 Å². The molecule has 0 fully saturated rings. The number of rotatable bonds is 5. The maximum atomic E-state index is 5.63. The molecule has 3 aromatic rings. The fourth-order valence-corrected chi connectivity index (χ4v) is 5.74. The van der Waals surface area contributed by atoms with Crippen molar-refractivity contribution in [3.8, 4) is 23.5 Å². The lowest BCUT2D eigenvalue weighted by Crippen LogP contribution is -2.31. The molecule has 0 saturated heterocycles. The predicted molar refractivity (Wildman–Crippen MR) is 123 cm³/mol. The van der Waals surface area contributed by atoms with E-state index in [1.165, 1.54) is 33.4 Å². The first-order chi connectivity index (χ1) is 14.2. The van der Waals surface area contributed by atoms with Gasteiger partial charge in [-0.05, 0) is 51.6 Å². The zero-order chi connectivity index (χ0) is 19.8. The highest BCUT2D eigenvalue weighted by Gasteiger charge is 2.47. The van der Waals surface area contributed by atoms with Crippen LogP contribution in [0.5, 0.6) is 0 Å². The normalized spacial score (nSPS) is 18.6. The van der Waals surface area contributed by atoms with Crippen LogP contribution in [0.15, 0.2) is 78.9 Å². The van der Waals surface area contributed by atoms with Gasteiger partial charge in [-0.25, -0.2) is 0 Å². The molecule has 0 bridgehead atoms. The van der Waals surface area contributed by atoms with Gasteiger partial charge < -0.3 is 0 Å². The summed E-state index contributed by atoms with van der Waals surface area (Å²) in [6, 6.07) is 26.8. The van der Waals surface area contributed by atoms with Gasteiger partial charge in [-0.1, -0.05) is 91.9 Å². The highest BCUT2D eigenvalue weighted by atomic mass is 14.5. The van der Waals surface area contributed by atoms with E-state index in [4.69, 9.17) is 6.42 Å². The van der Waals surface area contributed by atoms with Crippen molar-refractivity contribution >= 4 is 6.08 Å². The Labute approximate surface area is 174 Å². The molecule has 0 aromatic heterocycles. The van der Waals surface area contributed by atoms with Gasteiger partial charge >= 0.3 is 0 Å². The second-order valence-corrected chi connectivity index (χ2v) is 8.64. The molecule has 29 heavy (non-hydrogen) atoms. The Bertz CT molecular complexity index is 1080. The molecular weight excluding hydrogens is 348 g/mol. The molecule has 0 N–H and O–H groups in total. The summed E-state index contributed by atoms with van der Waals surface area (Å²) in [5.74, 6) is 3.62. The van der Waals surface area contributed by atoms with Crippen molar-refractivity contribution in [1.29, 1.82) is 0 Å². The van der Waals surface area contributed by atoms with E-state index in [0.29, 0.717) is 11.8 Å². The lowest BCUT2D eigenvalue weighted by molar-refractivity contribution is 0.225. The van der Waals surface area contributed by atoms with Crippen LogP contribution in [0.1, 0.15) is 60.3 Å². The monoisotopic (exact) mass is 374 g/mol. The summed E-state index contributed by atoms with van der Waals surface area (Å²) in [6.45, 7) is 2.49. The summed E-state index contributed by atoms with van der Waals surface area (Å²) >= 11 is 0. The van der Waals surface area contributed by atoms with Gasteiger partial charge in [0.1, 0.15) is 0 Å². The number of hydrogen-bond acceptors (Lipinski definition) is 0. The fraction of sp³-hybridized carbons (Fsp3) is 0.241. The van der Waals surface area contributed by atoms with Crippen LogP contribution in [0.3, 0.4) is 0 Å². The van der Waals surface area contributed by atoms with Crippen LogP contribution in [0.25, 0.3) is 17.2 Å². The third-order valence-corrected chi connectivity index (χ3v) is 7.04. The molecule has 5 rings (SSSR count). The third kappa shape index (κ3) is 2.77. The van der Waals surface area contributed by atoms with Crippen molar-refractivity contribution in [3.05, 3.63) is 101 Å². The average Bonchev–Trinajstić information content (AvgIpc) is 3.34. The molecule has 0 nitrogen and oxygen atoms in total. The Morgan fingerprint density at radius 1 is 0.828 bits per heavy atom. The van der Waals surface area contributed by atoms with Crippen molar-refractivity contribution < 1.29 is 0 Å². The van der Waals surface area contributed by atoms with E-state index in [1.807, 2.05) is 0 Å². The molecule has 0 radical (unpaired) electrons. The minimum atomic E-state index is 0.0582. The van der Waals surface area contributed by atoms with Crippen molar-refractivity contribution in [3.63, 3.8) is 0 Å². The van der Waals surface area contributed by atoms with Crippen LogP contribution in [0.4, 0.5) is 0 Å². The van der Waals surface area contributed by atoms with Gasteiger partial charge in [0, 0.05) is 18.3 Å². The lowest BCUT2D eigenvalue weighted by Gasteiger charge is -2.42. The van der Waals surface area contributed by atoms with E-state index in [1.54, 1.807) is 0 Å².